The van der Waals surface area contributed by atoms with Crippen LogP contribution in [-0.4, -0.2) is 23.0 Å². The molecule has 29 heavy (non-hydrogen) atoms. The first-order chi connectivity index (χ1) is 14.0. The van der Waals surface area contributed by atoms with E-state index in [0.717, 1.165) is 36.8 Å². The van der Waals surface area contributed by atoms with Crippen LogP contribution in [0.1, 0.15) is 72.5 Å². The molecule has 1 aliphatic heterocycles. The molecule has 2 aliphatic rings. The average Bonchev–Trinajstić information content (AvgIpc) is 3.31. The molecule has 1 saturated carbocycles. The van der Waals surface area contributed by atoms with Crippen molar-refractivity contribution in [3.8, 4) is 11.8 Å². The number of rotatable bonds is 5. The highest BCUT2D eigenvalue weighted by molar-refractivity contribution is 6.31. The van der Waals surface area contributed by atoms with Gasteiger partial charge >= 0.3 is 0 Å². The first kappa shape index (κ1) is 19.8. The highest BCUT2D eigenvalue weighted by Crippen LogP contribution is 2.35. The Morgan fingerprint density at radius 1 is 1.28 bits per heavy atom. The third-order valence-electron chi connectivity index (χ3n) is 6.30. The minimum absolute atomic E-state index is 0.0520. The fourth-order valence-electron chi connectivity index (χ4n) is 4.36. The van der Waals surface area contributed by atoms with E-state index in [9.17, 15) is 4.79 Å². The molecule has 0 spiro atoms. The molecule has 0 saturated heterocycles. The van der Waals surface area contributed by atoms with Crippen molar-refractivity contribution >= 4 is 17.5 Å². The van der Waals surface area contributed by atoms with Gasteiger partial charge in [-0.25, -0.2) is 0 Å². The van der Waals surface area contributed by atoms with Crippen molar-refractivity contribution in [3.05, 3.63) is 63.7 Å². The number of ether oxygens (including phenoxy) is 1. The summed E-state index contributed by atoms with van der Waals surface area (Å²) < 4.78 is 6.09. The van der Waals surface area contributed by atoms with Crippen LogP contribution < -0.4 is 4.74 Å². The van der Waals surface area contributed by atoms with Gasteiger partial charge in [0.05, 0.1) is 10.6 Å². The first-order valence-electron chi connectivity index (χ1n) is 10.3. The van der Waals surface area contributed by atoms with Crippen molar-refractivity contribution in [2.75, 3.05) is 0 Å². The van der Waals surface area contributed by atoms with Gasteiger partial charge in [0.1, 0.15) is 17.9 Å². The lowest BCUT2D eigenvalue weighted by molar-refractivity contribution is 0.0694. The zero-order valence-electron chi connectivity index (χ0n) is 16.8. The standard InChI is InChI=1S/C24H25ClN2O2/c1-3-15(2)16-5-9-22-18(10-16)14-27(24(22)28)19-6-8-20(11-19)29-21-7-4-17(13-26)23(25)12-21/h4-5,7,9-10,12,15,19-20H,3,6,8,11,14H2,1-2H3/t15?,19-,20-/m1/s1. The van der Waals surface area contributed by atoms with Crippen molar-refractivity contribution in [2.45, 2.75) is 64.1 Å². The van der Waals surface area contributed by atoms with Crippen molar-refractivity contribution in [3.63, 3.8) is 0 Å². The van der Waals surface area contributed by atoms with Crippen LogP contribution in [-0.2, 0) is 6.54 Å². The van der Waals surface area contributed by atoms with Crippen molar-refractivity contribution in [1.29, 1.82) is 5.26 Å². The van der Waals surface area contributed by atoms with Crippen LogP contribution in [0.3, 0.4) is 0 Å². The van der Waals surface area contributed by atoms with Gasteiger partial charge in [0.2, 0.25) is 0 Å². The molecule has 1 aliphatic carbocycles. The molecule has 150 valence electrons. The largest absolute Gasteiger partial charge is 0.490 e. The fourth-order valence-corrected chi connectivity index (χ4v) is 4.57. The number of hydrogen-bond acceptors (Lipinski definition) is 3. The summed E-state index contributed by atoms with van der Waals surface area (Å²) >= 11 is 6.11. The summed E-state index contributed by atoms with van der Waals surface area (Å²) in [7, 11) is 0. The van der Waals surface area contributed by atoms with Crippen molar-refractivity contribution in [1.82, 2.24) is 4.90 Å². The van der Waals surface area contributed by atoms with Gasteiger partial charge in [-0.1, -0.05) is 37.6 Å². The molecule has 5 heteroatoms. The smallest absolute Gasteiger partial charge is 0.254 e. The number of amides is 1. The molecule has 0 N–H and O–H groups in total. The summed E-state index contributed by atoms with van der Waals surface area (Å²) in [4.78, 5) is 15.0. The van der Waals surface area contributed by atoms with Gasteiger partial charge in [0, 0.05) is 30.6 Å². The van der Waals surface area contributed by atoms with Gasteiger partial charge in [0.25, 0.3) is 5.91 Å². The van der Waals surface area contributed by atoms with Crippen molar-refractivity contribution < 1.29 is 9.53 Å². The molecule has 4 nitrogen and oxygen atoms in total. The van der Waals surface area contributed by atoms with Gasteiger partial charge in [-0.2, -0.15) is 5.26 Å². The van der Waals surface area contributed by atoms with E-state index in [0.29, 0.717) is 28.8 Å². The third-order valence-corrected chi connectivity index (χ3v) is 6.62. The maximum atomic E-state index is 13.0. The number of hydrogen-bond donors (Lipinski definition) is 0. The van der Waals surface area contributed by atoms with E-state index in [1.807, 2.05) is 11.0 Å². The lowest BCUT2D eigenvalue weighted by Gasteiger charge is -2.24. The summed E-state index contributed by atoms with van der Waals surface area (Å²) in [6.07, 6.45) is 3.80. The quantitative estimate of drug-likeness (QED) is 0.639. The molecule has 2 aromatic carbocycles. The topological polar surface area (TPSA) is 53.3 Å². The van der Waals surface area contributed by atoms with E-state index in [-0.39, 0.29) is 18.1 Å². The normalized spacial score (nSPS) is 21.7. The summed E-state index contributed by atoms with van der Waals surface area (Å²) in [5.74, 6) is 1.32. The number of benzene rings is 2. The number of fused-ring (bicyclic) bond motifs is 1. The summed E-state index contributed by atoms with van der Waals surface area (Å²) in [5.41, 5.74) is 3.75. The Labute approximate surface area is 177 Å². The predicted octanol–water partition coefficient (Wildman–Crippen LogP) is 5.68. The zero-order chi connectivity index (χ0) is 20.5. The van der Waals surface area contributed by atoms with E-state index in [2.05, 4.69) is 32.0 Å². The molecule has 0 aromatic heterocycles. The third kappa shape index (κ3) is 3.84. The highest BCUT2D eigenvalue weighted by Gasteiger charge is 2.37. The molecule has 4 rings (SSSR count). The van der Waals surface area contributed by atoms with Crippen LogP contribution in [0.15, 0.2) is 36.4 Å². The Balaban J connectivity index is 1.42. The minimum atomic E-state index is 0.0520. The highest BCUT2D eigenvalue weighted by atomic mass is 35.5. The molecule has 1 amide bonds. The Bertz CT molecular complexity index is 981. The fraction of sp³-hybridized carbons (Fsp3) is 0.417. The van der Waals surface area contributed by atoms with Gasteiger partial charge in [-0.15, -0.1) is 0 Å². The Hall–Kier alpha value is -2.51. The Morgan fingerprint density at radius 3 is 2.83 bits per heavy atom. The molecule has 0 bridgehead atoms. The molecule has 3 atom stereocenters. The first-order valence-corrected chi connectivity index (χ1v) is 10.7. The van der Waals surface area contributed by atoms with Crippen LogP contribution >= 0.6 is 11.6 Å². The van der Waals surface area contributed by atoms with Crippen molar-refractivity contribution in [2.24, 2.45) is 0 Å². The lowest BCUT2D eigenvalue weighted by Crippen LogP contribution is -2.34. The second-order valence-corrected chi connectivity index (χ2v) is 8.53. The lowest BCUT2D eigenvalue weighted by atomic mass is 9.95. The van der Waals surface area contributed by atoms with E-state index in [1.54, 1.807) is 18.2 Å². The Morgan fingerprint density at radius 2 is 2.10 bits per heavy atom. The van der Waals surface area contributed by atoms with Crippen LogP contribution in [0.4, 0.5) is 0 Å². The maximum absolute atomic E-state index is 13.0. The van der Waals surface area contributed by atoms with Gasteiger partial charge in [-0.3, -0.25) is 4.79 Å². The monoisotopic (exact) mass is 408 g/mol. The van der Waals surface area contributed by atoms with E-state index in [1.165, 1.54) is 5.56 Å². The predicted molar refractivity (Wildman–Crippen MR) is 113 cm³/mol. The maximum Gasteiger partial charge on any atom is 0.254 e. The number of halogens is 1. The van der Waals surface area contributed by atoms with Crippen LogP contribution in [0.25, 0.3) is 0 Å². The number of nitrogens with zero attached hydrogens (tertiary/aromatic N) is 2. The van der Waals surface area contributed by atoms with E-state index >= 15 is 0 Å². The molecule has 1 unspecified atom stereocenters. The molecule has 1 fully saturated rings. The number of nitriles is 1. The second kappa shape index (κ2) is 8.08. The molecule has 2 aromatic rings. The zero-order valence-corrected chi connectivity index (χ0v) is 17.6. The molecule has 0 radical (unpaired) electrons. The number of carbonyl (C=O) groups is 1. The van der Waals surface area contributed by atoms with E-state index in [4.69, 9.17) is 21.6 Å². The van der Waals surface area contributed by atoms with Gasteiger partial charge < -0.3 is 9.64 Å². The van der Waals surface area contributed by atoms with Crippen LogP contribution in [0.2, 0.25) is 5.02 Å². The minimum Gasteiger partial charge on any atom is -0.490 e. The van der Waals surface area contributed by atoms with Gasteiger partial charge in [-0.05, 0) is 54.5 Å². The average molecular weight is 409 g/mol. The summed E-state index contributed by atoms with van der Waals surface area (Å²) in [6, 6.07) is 13.7. The van der Waals surface area contributed by atoms with E-state index < -0.39 is 0 Å². The van der Waals surface area contributed by atoms with Crippen LogP contribution in [0.5, 0.6) is 5.75 Å². The van der Waals surface area contributed by atoms with Crippen LogP contribution in [0, 0.1) is 11.3 Å². The molecular formula is C24H25ClN2O2. The Kier molecular flexibility index (Phi) is 5.52. The SMILES string of the molecule is CCC(C)c1ccc2c(c1)CN([C@@H]1CC[C@@H](Oc3ccc(C#N)c(Cl)c3)C1)C2=O. The summed E-state index contributed by atoms with van der Waals surface area (Å²) in [6.45, 7) is 5.11. The molecule has 1 heterocycles. The second-order valence-electron chi connectivity index (χ2n) is 8.12. The number of carbonyl (C=O) groups excluding carboxylic acids is 1. The summed E-state index contributed by atoms with van der Waals surface area (Å²) in [5, 5.41) is 9.40. The molecular weight excluding hydrogens is 384 g/mol. The van der Waals surface area contributed by atoms with Gasteiger partial charge in [0.15, 0.2) is 0 Å².